The Morgan fingerprint density at radius 3 is 2.72 bits per heavy atom. The van der Waals surface area contributed by atoms with Gasteiger partial charge in [-0.05, 0) is 19.1 Å². The van der Waals surface area contributed by atoms with E-state index >= 15 is 0 Å². The third-order valence-electron chi connectivity index (χ3n) is 2.39. The van der Waals surface area contributed by atoms with E-state index in [1.54, 1.807) is 13.1 Å². The number of aryl methyl sites for hydroxylation is 1. The number of hydrogen-bond acceptors (Lipinski definition) is 5. The molecular formula is C13H13N5. The van der Waals surface area contributed by atoms with E-state index in [-0.39, 0.29) is 0 Å². The molecule has 5 heteroatoms. The van der Waals surface area contributed by atoms with Crippen LogP contribution in [0.15, 0.2) is 30.3 Å². The molecule has 0 fully saturated rings. The fourth-order valence-corrected chi connectivity index (χ4v) is 1.57. The summed E-state index contributed by atoms with van der Waals surface area (Å²) in [7, 11) is 1.77. The highest BCUT2D eigenvalue weighted by atomic mass is 15.1. The van der Waals surface area contributed by atoms with Crippen LogP contribution in [-0.4, -0.2) is 17.0 Å². The molecule has 1 aromatic heterocycles. The molecule has 2 rings (SSSR count). The largest absolute Gasteiger partial charge is 0.357 e. The summed E-state index contributed by atoms with van der Waals surface area (Å²) in [6.07, 6.45) is 0. The van der Waals surface area contributed by atoms with Gasteiger partial charge >= 0.3 is 0 Å². The summed E-state index contributed by atoms with van der Waals surface area (Å²) in [6, 6.07) is 11.3. The molecule has 0 radical (unpaired) electrons. The number of nitriles is 1. The highest BCUT2D eigenvalue weighted by Crippen LogP contribution is 2.19. The molecule has 90 valence electrons. The maximum absolute atomic E-state index is 9.02. The van der Waals surface area contributed by atoms with Crippen molar-refractivity contribution in [1.29, 1.82) is 5.26 Å². The van der Waals surface area contributed by atoms with Crippen LogP contribution in [0.25, 0.3) is 0 Å². The van der Waals surface area contributed by atoms with Crippen LogP contribution in [0.1, 0.15) is 11.3 Å². The zero-order valence-corrected chi connectivity index (χ0v) is 10.2. The van der Waals surface area contributed by atoms with Crippen molar-refractivity contribution >= 4 is 17.5 Å². The SMILES string of the molecule is CNc1nc(C)cc(Nc2ccccc2C#N)n1. The molecule has 2 aromatic rings. The Labute approximate surface area is 106 Å². The second-order valence-electron chi connectivity index (χ2n) is 3.75. The topological polar surface area (TPSA) is 73.6 Å². The minimum atomic E-state index is 0.548. The summed E-state index contributed by atoms with van der Waals surface area (Å²) >= 11 is 0. The maximum atomic E-state index is 9.02. The second kappa shape index (κ2) is 5.15. The van der Waals surface area contributed by atoms with Gasteiger partial charge in [0.25, 0.3) is 0 Å². The number of rotatable bonds is 3. The summed E-state index contributed by atoms with van der Waals surface area (Å²) in [4.78, 5) is 8.49. The summed E-state index contributed by atoms with van der Waals surface area (Å²) < 4.78 is 0. The predicted octanol–water partition coefficient (Wildman–Crippen LogP) is 2.44. The van der Waals surface area contributed by atoms with E-state index in [0.29, 0.717) is 17.3 Å². The van der Waals surface area contributed by atoms with Crippen LogP contribution in [0.5, 0.6) is 0 Å². The monoisotopic (exact) mass is 239 g/mol. The number of anilines is 3. The van der Waals surface area contributed by atoms with Crippen molar-refractivity contribution < 1.29 is 0 Å². The van der Waals surface area contributed by atoms with Gasteiger partial charge in [0.15, 0.2) is 0 Å². The first-order chi connectivity index (χ1) is 8.72. The van der Waals surface area contributed by atoms with E-state index in [9.17, 15) is 0 Å². The molecule has 0 atom stereocenters. The number of hydrogen-bond donors (Lipinski definition) is 2. The Morgan fingerprint density at radius 1 is 1.22 bits per heavy atom. The summed E-state index contributed by atoms with van der Waals surface area (Å²) in [5, 5.41) is 15.0. The Morgan fingerprint density at radius 2 is 2.00 bits per heavy atom. The van der Waals surface area contributed by atoms with Crippen LogP contribution in [0.2, 0.25) is 0 Å². The summed E-state index contributed by atoms with van der Waals surface area (Å²) in [6.45, 7) is 1.89. The third-order valence-corrected chi connectivity index (χ3v) is 2.39. The maximum Gasteiger partial charge on any atom is 0.224 e. The molecule has 0 spiro atoms. The fraction of sp³-hybridized carbons (Fsp3) is 0.154. The van der Waals surface area contributed by atoms with Gasteiger partial charge in [0.2, 0.25) is 5.95 Å². The first-order valence-corrected chi connectivity index (χ1v) is 5.52. The lowest BCUT2D eigenvalue weighted by Gasteiger charge is -2.09. The average Bonchev–Trinajstić information content (AvgIpc) is 2.38. The van der Waals surface area contributed by atoms with Crippen LogP contribution in [-0.2, 0) is 0 Å². The van der Waals surface area contributed by atoms with Crippen molar-refractivity contribution in [2.75, 3.05) is 17.7 Å². The van der Waals surface area contributed by atoms with Gasteiger partial charge < -0.3 is 10.6 Å². The molecule has 0 saturated carbocycles. The Balaban J connectivity index is 2.34. The standard InChI is InChI=1S/C13H13N5/c1-9-7-12(18-13(15-2)16-9)17-11-6-4-3-5-10(11)8-14/h3-7H,1-2H3,(H2,15,16,17,18). The van der Waals surface area contributed by atoms with Gasteiger partial charge in [-0.25, -0.2) is 4.98 Å². The van der Waals surface area contributed by atoms with Crippen molar-refractivity contribution in [3.8, 4) is 6.07 Å². The molecule has 5 nitrogen and oxygen atoms in total. The first kappa shape index (κ1) is 11.9. The molecule has 0 saturated heterocycles. The first-order valence-electron chi connectivity index (χ1n) is 5.52. The molecule has 0 aliphatic carbocycles. The van der Waals surface area contributed by atoms with Gasteiger partial charge in [0, 0.05) is 18.8 Å². The number of nitrogens with zero attached hydrogens (tertiary/aromatic N) is 3. The molecule has 0 aliphatic heterocycles. The minimum absolute atomic E-state index is 0.548. The number of aromatic nitrogens is 2. The van der Waals surface area contributed by atoms with Crippen molar-refractivity contribution in [2.24, 2.45) is 0 Å². The van der Waals surface area contributed by atoms with Crippen LogP contribution < -0.4 is 10.6 Å². The van der Waals surface area contributed by atoms with Crippen LogP contribution in [0.3, 0.4) is 0 Å². The Bertz CT molecular complexity index is 601. The highest BCUT2D eigenvalue weighted by Gasteiger charge is 2.04. The average molecular weight is 239 g/mol. The van der Waals surface area contributed by atoms with Crippen molar-refractivity contribution in [1.82, 2.24) is 9.97 Å². The van der Waals surface area contributed by atoms with Gasteiger partial charge in [0.1, 0.15) is 11.9 Å². The second-order valence-corrected chi connectivity index (χ2v) is 3.75. The van der Waals surface area contributed by atoms with Gasteiger partial charge in [-0.2, -0.15) is 10.2 Å². The lowest BCUT2D eigenvalue weighted by molar-refractivity contribution is 1.10. The smallest absolute Gasteiger partial charge is 0.224 e. The minimum Gasteiger partial charge on any atom is -0.357 e. The molecule has 1 heterocycles. The van der Waals surface area contributed by atoms with Gasteiger partial charge in [-0.3, -0.25) is 0 Å². The molecule has 2 N–H and O–H groups in total. The molecular weight excluding hydrogens is 226 g/mol. The van der Waals surface area contributed by atoms with Gasteiger partial charge in [0.05, 0.1) is 11.3 Å². The molecule has 0 aliphatic rings. The molecule has 0 amide bonds. The van der Waals surface area contributed by atoms with Crippen LogP contribution >= 0.6 is 0 Å². The Kier molecular flexibility index (Phi) is 3.39. The normalized spacial score (nSPS) is 9.61. The number of benzene rings is 1. The molecule has 18 heavy (non-hydrogen) atoms. The number of nitrogens with one attached hydrogen (secondary N) is 2. The molecule has 0 bridgehead atoms. The fourth-order valence-electron chi connectivity index (χ4n) is 1.57. The van der Waals surface area contributed by atoms with Gasteiger partial charge in [-0.15, -0.1) is 0 Å². The van der Waals surface area contributed by atoms with E-state index in [4.69, 9.17) is 5.26 Å². The summed E-state index contributed by atoms with van der Waals surface area (Å²) in [5.74, 6) is 1.21. The quantitative estimate of drug-likeness (QED) is 0.860. The van der Waals surface area contributed by atoms with E-state index in [1.807, 2.05) is 31.2 Å². The molecule has 1 aromatic carbocycles. The molecule has 0 unspecified atom stereocenters. The van der Waals surface area contributed by atoms with Crippen molar-refractivity contribution in [3.05, 3.63) is 41.6 Å². The van der Waals surface area contributed by atoms with Crippen LogP contribution in [0, 0.1) is 18.3 Å². The zero-order valence-electron chi connectivity index (χ0n) is 10.2. The lowest BCUT2D eigenvalue weighted by Crippen LogP contribution is -2.02. The van der Waals surface area contributed by atoms with E-state index in [0.717, 1.165) is 11.4 Å². The zero-order chi connectivity index (χ0) is 13.0. The van der Waals surface area contributed by atoms with Crippen molar-refractivity contribution in [2.45, 2.75) is 6.92 Å². The van der Waals surface area contributed by atoms with E-state index < -0.39 is 0 Å². The lowest BCUT2D eigenvalue weighted by atomic mass is 10.2. The van der Waals surface area contributed by atoms with Gasteiger partial charge in [-0.1, -0.05) is 12.1 Å². The Hall–Kier alpha value is -2.61. The number of para-hydroxylation sites is 1. The highest BCUT2D eigenvalue weighted by molar-refractivity contribution is 5.64. The predicted molar refractivity (Wildman–Crippen MR) is 70.8 cm³/mol. The van der Waals surface area contributed by atoms with Crippen molar-refractivity contribution in [3.63, 3.8) is 0 Å². The van der Waals surface area contributed by atoms with Crippen LogP contribution in [0.4, 0.5) is 17.5 Å². The third kappa shape index (κ3) is 2.55. The van der Waals surface area contributed by atoms with E-state index in [2.05, 4.69) is 26.7 Å². The summed E-state index contributed by atoms with van der Waals surface area (Å²) in [5.41, 5.74) is 2.17. The van der Waals surface area contributed by atoms with E-state index in [1.165, 1.54) is 0 Å².